The van der Waals surface area contributed by atoms with E-state index in [1.807, 2.05) is 31.2 Å². The van der Waals surface area contributed by atoms with Gasteiger partial charge in [0.1, 0.15) is 6.61 Å². The maximum Gasteiger partial charge on any atom is 0.261 e. The van der Waals surface area contributed by atoms with Crippen LogP contribution in [0, 0.1) is 0 Å². The third kappa shape index (κ3) is 3.37. The highest BCUT2D eigenvalue weighted by atomic mass is 16.5. The topological polar surface area (TPSA) is 76.7 Å². The van der Waals surface area contributed by atoms with Crippen LogP contribution in [0.3, 0.4) is 0 Å². The van der Waals surface area contributed by atoms with E-state index in [2.05, 4.69) is 17.6 Å². The maximum atomic E-state index is 12.4. The number of hydrogen-bond donors (Lipinski definition) is 2. The Kier molecular flexibility index (Phi) is 5.73. The van der Waals surface area contributed by atoms with Crippen molar-refractivity contribution in [3.05, 3.63) is 35.4 Å². The third-order valence-corrected chi connectivity index (χ3v) is 4.32. The van der Waals surface area contributed by atoms with Crippen molar-refractivity contribution in [2.75, 3.05) is 31.7 Å². The van der Waals surface area contributed by atoms with E-state index < -0.39 is 5.91 Å². The molecule has 0 aromatic heterocycles. The van der Waals surface area contributed by atoms with Gasteiger partial charge in [-0.1, -0.05) is 37.6 Å². The van der Waals surface area contributed by atoms with Crippen LogP contribution in [0.1, 0.15) is 47.4 Å². The molecule has 0 aliphatic carbocycles. The lowest BCUT2D eigenvalue weighted by atomic mass is 9.97. The van der Waals surface area contributed by atoms with Gasteiger partial charge in [0.05, 0.1) is 23.4 Å². The zero-order valence-corrected chi connectivity index (χ0v) is 15.2. The molecule has 0 fully saturated rings. The van der Waals surface area contributed by atoms with Crippen LogP contribution in [0.15, 0.2) is 24.3 Å². The predicted molar refractivity (Wildman–Crippen MR) is 101 cm³/mol. The minimum atomic E-state index is -0.393. The Hall–Kier alpha value is -2.60. The summed E-state index contributed by atoms with van der Waals surface area (Å²) in [5.41, 5.74) is 1.34. The molecule has 0 saturated heterocycles. The molecule has 1 heterocycles. The average molecular weight is 356 g/mol. The Morgan fingerprint density at radius 1 is 0.962 bits per heavy atom. The summed E-state index contributed by atoms with van der Waals surface area (Å²) in [6, 6.07) is 7.49. The number of imide groups is 1. The molecule has 2 N–H and O–H groups in total. The minimum absolute atomic E-state index is 0.359. The van der Waals surface area contributed by atoms with Crippen LogP contribution >= 0.6 is 0 Å². The van der Waals surface area contributed by atoms with E-state index in [4.69, 9.17) is 9.47 Å². The fourth-order valence-electron chi connectivity index (χ4n) is 3.14. The monoisotopic (exact) mass is 356 g/mol. The second-order valence-electron chi connectivity index (χ2n) is 6.13. The smallest absolute Gasteiger partial charge is 0.261 e. The summed E-state index contributed by atoms with van der Waals surface area (Å²) in [5.74, 6) is -0.171. The number of rotatable bonds is 9. The molecule has 0 atom stereocenters. The van der Waals surface area contributed by atoms with Crippen LogP contribution in [0.2, 0.25) is 0 Å². The molecule has 2 aromatic carbocycles. The highest BCUT2D eigenvalue weighted by Crippen LogP contribution is 2.42. The van der Waals surface area contributed by atoms with Gasteiger partial charge < -0.3 is 14.8 Å². The molecule has 1 aliphatic rings. The number of amides is 2. The van der Waals surface area contributed by atoms with E-state index in [-0.39, 0.29) is 5.91 Å². The second-order valence-corrected chi connectivity index (χ2v) is 6.13. The number of carbonyl (C=O) groups excluding carboxylic acids is 2. The zero-order chi connectivity index (χ0) is 18.5. The van der Waals surface area contributed by atoms with Crippen molar-refractivity contribution >= 4 is 28.3 Å². The van der Waals surface area contributed by atoms with Gasteiger partial charge >= 0.3 is 0 Å². The molecule has 0 unspecified atom stereocenters. The molecule has 0 spiro atoms. The first kappa shape index (κ1) is 18.2. The van der Waals surface area contributed by atoms with E-state index in [1.54, 1.807) is 0 Å². The van der Waals surface area contributed by atoms with Crippen molar-refractivity contribution in [2.45, 2.75) is 26.7 Å². The fourth-order valence-corrected chi connectivity index (χ4v) is 3.14. The second kappa shape index (κ2) is 8.19. The predicted octanol–water partition coefficient (Wildman–Crippen LogP) is 3.35. The molecule has 2 amide bonds. The maximum absolute atomic E-state index is 12.4. The lowest BCUT2D eigenvalue weighted by Crippen LogP contribution is -2.20. The zero-order valence-electron chi connectivity index (χ0n) is 15.2. The summed E-state index contributed by atoms with van der Waals surface area (Å²) < 4.78 is 11.6. The van der Waals surface area contributed by atoms with Gasteiger partial charge in [0.25, 0.3) is 11.8 Å². The van der Waals surface area contributed by atoms with Gasteiger partial charge in [0.15, 0.2) is 5.75 Å². The largest absolute Gasteiger partial charge is 0.488 e. The van der Waals surface area contributed by atoms with Crippen molar-refractivity contribution < 1.29 is 19.1 Å². The SMILES string of the molecule is CCCCOCCOc1c(NCC)c2c(c3ccccc13)C(=O)NC2=O. The van der Waals surface area contributed by atoms with E-state index in [0.717, 1.165) is 23.6 Å². The highest BCUT2D eigenvalue weighted by molar-refractivity contribution is 6.30. The lowest BCUT2D eigenvalue weighted by molar-refractivity contribution is 0.0880. The Balaban J connectivity index is 2.00. The number of carbonyl (C=O) groups is 2. The van der Waals surface area contributed by atoms with Crippen LogP contribution < -0.4 is 15.4 Å². The molecular formula is C20H24N2O4. The van der Waals surface area contributed by atoms with Gasteiger partial charge in [-0.2, -0.15) is 0 Å². The Morgan fingerprint density at radius 2 is 1.69 bits per heavy atom. The normalized spacial score (nSPS) is 13.0. The molecule has 3 rings (SSSR count). The summed E-state index contributed by atoms with van der Waals surface area (Å²) in [5, 5.41) is 7.12. The number of anilines is 1. The van der Waals surface area contributed by atoms with Crippen LogP contribution in [0.4, 0.5) is 5.69 Å². The van der Waals surface area contributed by atoms with Gasteiger partial charge in [-0.3, -0.25) is 14.9 Å². The first-order chi connectivity index (χ1) is 12.7. The minimum Gasteiger partial charge on any atom is -0.488 e. The summed E-state index contributed by atoms with van der Waals surface area (Å²) in [6.45, 7) is 6.22. The summed E-state index contributed by atoms with van der Waals surface area (Å²) >= 11 is 0. The molecule has 6 nitrogen and oxygen atoms in total. The summed E-state index contributed by atoms with van der Waals surface area (Å²) in [4.78, 5) is 24.7. The third-order valence-electron chi connectivity index (χ3n) is 4.32. The quantitative estimate of drug-likeness (QED) is 0.532. The molecule has 138 valence electrons. The van der Waals surface area contributed by atoms with E-state index in [9.17, 15) is 9.59 Å². The summed E-state index contributed by atoms with van der Waals surface area (Å²) in [6.07, 6.45) is 2.11. The van der Waals surface area contributed by atoms with Gasteiger partial charge in [0.2, 0.25) is 0 Å². The number of unbranched alkanes of at least 4 members (excludes halogenated alkanes) is 1. The van der Waals surface area contributed by atoms with Gasteiger partial charge in [0, 0.05) is 18.5 Å². The molecule has 1 aliphatic heterocycles. The van der Waals surface area contributed by atoms with Crippen LogP contribution in [-0.2, 0) is 4.74 Å². The molecule has 2 aromatic rings. The first-order valence-electron chi connectivity index (χ1n) is 9.07. The fraction of sp³-hybridized carbons (Fsp3) is 0.400. The van der Waals surface area contributed by atoms with Crippen molar-refractivity contribution in [2.24, 2.45) is 0 Å². The van der Waals surface area contributed by atoms with Crippen molar-refractivity contribution in [3.8, 4) is 5.75 Å². The highest BCUT2D eigenvalue weighted by Gasteiger charge is 2.34. The van der Waals surface area contributed by atoms with Crippen molar-refractivity contribution in [1.29, 1.82) is 0 Å². The molecule has 0 bridgehead atoms. The van der Waals surface area contributed by atoms with Gasteiger partial charge in [-0.25, -0.2) is 0 Å². The first-order valence-corrected chi connectivity index (χ1v) is 9.07. The number of fused-ring (bicyclic) bond motifs is 3. The number of benzene rings is 2. The van der Waals surface area contributed by atoms with Gasteiger partial charge in [-0.15, -0.1) is 0 Å². The van der Waals surface area contributed by atoms with E-state index >= 15 is 0 Å². The van der Waals surface area contributed by atoms with Crippen molar-refractivity contribution in [1.82, 2.24) is 5.32 Å². The van der Waals surface area contributed by atoms with E-state index in [0.29, 0.717) is 48.9 Å². The Bertz CT molecular complexity index is 832. The number of hydrogen-bond acceptors (Lipinski definition) is 5. The number of nitrogens with one attached hydrogen (secondary N) is 2. The Morgan fingerprint density at radius 3 is 2.42 bits per heavy atom. The van der Waals surface area contributed by atoms with Crippen LogP contribution in [0.25, 0.3) is 10.8 Å². The molecular weight excluding hydrogens is 332 g/mol. The Labute approximate surface area is 152 Å². The molecule has 26 heavy (non-hydrogen) atoms. The van der Waals surface area contributed by atoms with Gasteiger partial charge in [-0.05, 0) is 18.7 Å². The van der Waals surface area contributed by atoms with Crippen LogP contribution in [-0.4, -0.2) is 38.2 Å². The van der Waals surface area contributed by atoms with Crippen molar-refractivity contribution in [3.63, 3.8) is 0 Å². The molecule has 0 saturated carbocycles. The average Bonchev–Trinajstić information content (AvgIpc) is 2.94. The van der Waals surface area contributed by atoms with E-state index in [1.165, 1.54) is 0 Å². The lowest BCUT2D eigenvalue weighted by Gasteiger charge is -2.18. The van der Waals surface area contributed by atoms with Crippen LogP contribution in [0.5, 0.6) is 5.75 Å². The molecule has 0 radical (unpaired) electrons. The molecule has 6 heteroatoms. The standard InChI is InChI=1S/C20H24N2O4/c1-3-5-10-25-11-12-26-18-14-9-7-6-8-13(14)15-16(17(18)21-4-2)20(24)22-19(15)23/h6-9,21H,3-5,10-12H2,1-2H3,(H,22,23,24). The summed E-state index contributed by atoms with van der Waals surface area (Å²) in [7, 11) is 0. The number of ether oxygens (including phenoxy) is 2.